The molecule has 1 rings (SSSR count). The van der Waals surface area contributed by atoms with Crippen LogP contribution in [-0.4, -0.2) is 42.7 Å². The lowest BCUT2D eigenvalue weighted by Gasteiger charge is -2.09. The molecule has 0 radical (unpaired) electrons. The van der Waals surface area contributed by atoms with Crippen molar-refractivity contribution in [3.05, 3.63) is 18.0 Å². The van der Waals surface area contributed by atoms with Gasteiger partial charge >= 0.3 is 0 Å². The van der Waals surface area contributed by atoms with Crippen LogP contribution in [0.1, 0.15) is 11.6 Å². The van der Waals surface area contributed by atoms with E-state index in [1.54, 1.807) is 17.9 Å². The molecule has 0 bridgehead atoms. The second-order valence-corrected chi connectivity index (χ2v) is 6.11. The van der Waals surface area contributed by atoms with Gasteiger partial charge in [-0.2, -0.15) is 5.10 Å². The van der Waals surface area contributed by atoms with E-state index in [1.165, 1.54) is 6.20 Å². The molecule has 0 saturated carbocycles. The Kier molecular flexibility index (Phi) is 4.24. The second-order valence-electron chi connectivity index (χ2n) is 3.85. The highest BCUT2D eigenvalue weighted by molar-refractivity contribution is 7.90. The van der Waals surface area contributed by atoms with Crippen LogP contribution in [0, 0.1) is 0 Å². The molecule has 0 aliphatic heterocycles. The largest absolute Gasteiger partial charge is 0.353 e. The number of sulfone groups is 1. The number of aryl methyl sites for hydroxylation is 1. The molecule has 1 atom stereocenters. The van der Waals surface area contributed by atoms with Gasteiger partial charge in [0, 0.05) is 31.6 Å². The van der Waals surface area contributed by atoms with Crippen molar-refractivity contribution in [2.45, 2.75) is 6.04 Å². The van der Waals surface area contributed by atoms with Crippen molar-refractivity contribution >= 4 is 15.7 Å². The van der Waals surface area contributed by atoms with Gasteiger partial charge in [-0.15, -0.1) is 0 Å². The molecule has 96 valence electrons. The lowest BCUT2D eigenvalue weighted by Crippen LogP contribution is -2.36. The van der Waals surface area contributed by atoms with Crippen LogP contribution < -0.4 is 11.1 Å². The number of rotatable bonds is 5. The monoisotopic (exact) mass is 260 g/mol. The summed E-state index contributed by atoms with van der Waals surface area (Å²) in [6, 6.07) is -0.830. The Bertz CT molecular complexity index is 494. The van der Waals surface area contributed by atoms with Gasteiger partial charge in [0.2, 0.25) is 5.91 Å². The number of nitrogens with one attached hydrogen (secondary N) is 1. The smallest absolute Gasteiger partial charge is 0.241 e. The van der Waals surface area contributed by atoms with Crippen LogP contribution in [0.2, 0.25) is 0 Å². The van der Waals surface area contributed by atoms with Gasteiger partial charge in [0.15, 0.2) is 0 Å². The summed E-state index contributed by atoms with van der Waals surface area (Å²) in [5, 5.41) is 6.37. The van der Waals surface area contributed by atoms with Gasteiger partial charge in [-0.25, -0.2) is 8.42 Å². The van der Waals surface area contributed by atoms with E-state index in [9.17, 15) is 13.2 Å². The Morgan fingerprint density at radius 3 is 2.76 bits per heavy atom. The molecule has 7 nitrogen and oxygen atoms in total. The Labute approximate surface area is 99.9 Å². The van der Waals surface area contributed by atoms with Crippen molar-refractivity contribution in [1.82, 2.24) is 15.1 Å². The molecule has 17 heavy (non-hydrogen) atoms. The Morgan fingerprint density at radius 2 is 2.29 bits per heavy atom. The third-order valence-electron chi connectivity index (χ3n) is 2.14. The SMILES string of the molecule is Cn1cc(C(N)C(=O)NCCS(C)(=O)=O)cn1. The lowest BCUT2D eigenvalue weighted by molar-refractivity contribution is -0.122. The molecule has 1 amide bonds. The fourth-order valence-corrected chi connectivity index (χ4v) is 1.69. The number of carbonyl (C=O) groups is 1. The Hall–Kier alpha value is -1.41. The van der Waals surface area contributed by atoms with Crippen LogP contribution in [-0.2, 0) is 21.7 Å². The van der Waals surface area contributed by atoms with Crippen LogP contribution in [0.5, 0.6) is 0 Å². The van der Waals surface area contributed by atoms with E-state index in [4.69, 9.17) is 5.73 Å². The van der Waals surface area contributed by atoms with Crippen LogP contribution in [0.15, 0.2) is 12.4 Å². The zero-order valence-corrected chi connectivity index (χ0v) is 10.6. The maximum absolute atomic E-state index is 11.6. The highest BCUT2D eigenvalue weighted by atomic mass is 32.2. The van der Waals surface area contributed by atoms with Crippen molar-refractivity contribution in [3.63, 3.8) is 0 Å². The molecule has 0 aromatic carbocycles. The summed E-state index contributed by atoms with van der Waals surface area (Å²) >= 11 is 0. The highest BCUT2D eigenvalue weighted by Gasteiger charge is 2.17. The van der Waals surface area contributed by atoms with Gasteiger partial charge in [0.05, 0.1) is 11.9 Å². The van der Waals surface area contributed by atoms with Crippen molar-refractivity contribution in [2.75, 3.05) is 18.6 Å². The Morgan fingerprint density at radius 1 is 1.65 bits per heavy atom. The number of hydrogen-bond donors (Lipinski definition) is 2. The highest BCUT2D eigenvalue weighted by Crippen LogP contribution is 2.07. The summed E-state index contributed by atoms with van der Waals surface area (Å²) in [5.41, 5.74) is 6.27. The van der Waals surface area contributed by atoms with E-state index < -0.39 is 21.8 Å². The average Bonchev–Trinajstić information content (AvgIpc) is 2.61. The first-order valence-electron chi connectivity index (χ1n) is 4.99. The summed E-state index contributed by atoms with van der Waals surface area (Å²) in [4.78, 5) is 11.6. The fourth-order valence-electron chi connectivity index (χ4n) is 1.22. The first-order chi connectivity index (χ1) is 7.79. The summed E-state index contributed by atoms with van der Waals surface area (Å²) in [7, 11) is -1.36. The Balaban J connectivity index is 2.48. The van der Waals surface area contributed by atoms with Crippen molar-refractivity contribution in [2.24, 2.45) is 12.8 Å². The van der Waals surface area contributed by atoms with Gasteiger partial charge in [-0.05, 0) is 0 Å². The van der Waals surface area contributed by atoms with Crippen molar-refractivity contribution < 1.29 is 13.2 Å². The molecule has 1 aromatic rings. The minimum absolute atomic E-state index is 0.0611. The van der Waals surface area contributed by atoms with Gasteiger partial charge in [0.1, 0.15) is 15.9 Å². The number of carbonyl (C=O) groups excluding carboxylic acids is 1. The average molecular weight is 260 g/mol. The van der Waals surface area contributed by atoms with Crippen LogP contribution in [0.25, 0.3) is 0 Å². The fraction of sp³-hybridized carbons (Fsp3) is 0.556. The number of hydrogen-bond acceptors (Lipinski definition) is 5. The minimum Gasteiger partial charge on any atom is -0.353 e. The predicted molar refractivity (Wildman–Crippen MR) is 62.9 cm³/mol. The zero-order valence-electron chi connectivity index (χ0n) is 9.75. The van der Waals surface area contributed by atoms with Gasteiger partial charge in [-0.1, -0.05) is 0 Å². The van der Waals surface area contributed by atoms with Crippen molar-refractivity contribution in [3.8, 4) is 0 Å². The minimum atomic E-state index is -3.08. The molecule has 0 spiro atoms. The van der Waals surface area contributed by atoms with E-state index in [-0.39, 0.29) is 12.3 Å². The molecule has 3 N–H and O–H groups in total. The van der Waals surface area contributed by atoms with Gasteiger partial charge < -0.3 is 11.1 Å². The molecule has 8 heteroatoms. The summed E-state index contributed by atoms with van der Waals surface area (Å²) in [6.07, 6.45) is 4.25. The quantitative estimate of drug-likeness (QED) is 0.675. The standard InChI is InChI=1S/C9H16N4O3S/c1-13-6-7(5-12-13)8(10)9(14)11-3-4-17(2,15)16/h5-6,8H,3-4,10H2,1-2H3,(H,11,14). The summed E-state index contributed by atoms with van der Waals surface area (Å²) in [6.45, 7) is 0.0611. The topological polar surface area (TPSA) is 107 Å². The van der Waals surface area contributed by atoms with E-state index in [2.05, 4.69) is 10.4 Å². The van der Waals surface area contributed by atoms with Crippen molar-refractivity contribution in [1.29, 1.82) is 0 Å². The number of nitrogens with zero attached hydrogens (tertiary/aromatic N) is 2. The number of nitrogens with two attached hydrogens (primary N) is 1. The number of amides is 1. The third-order valence-corrected chi connectivity index (χ3v) is 3.08. The predicted octanol–water partition coefficient (Wildman–Crippen LogP) is -1.42. The maximum atomic E-state index is 11.6. The second kappa shape index (κ2) is 5.28. The molecule has 1 heterocycles. The normalized spacial score (nSPS) is 13.4. The van der Waals surface area contributed by atoms with Gasteiger partial charge in [-0.3, -0.25) is 9.48 Å². The van der Waals surface area contributed by atoms with E-state index >= 15 is 0 Å². The molecule has 0 aliphatic rings. The zero-order chi connectivity index (χ0) is 13.1. The van der Waals surface area contributed by atoms with Crippen LogP contribution >= 0.6 is 0 Å². The van der Waals surface area contributed by atoms with E-state index in [1.807, 2.05) is 0 Å². The van der Waals surface area contributed by atoms with Crippen LogP contribution in [0.4, 0.5) is 0 Å². The maximum Gasteiger partial charge on any atom is 0.241 e. The molecule has 0 saturated heterocycles. The molecular formula is C9H16N4O3S. The van der Waals surface area contributed by atoms with Crippen LogP contribution in [0.3, 0.4) is 0 Å². The molecule has 1 aromatic heterocycles. The van der Waals surface area contributed by atoms with E-state index in [0.29, 0.717) is 5.56 Å². The van der Waals surface area contributed by atoms with E-state index in [0.717, 1.165) is 6.26 Å². The lowest BCUT2D eigenvalue weighted by atomic mass is 10.1. The summed E-state index contributed by atoms with van der Waals surface area (Å²) in [5.74, 6) is -0.514. The number of aromatic nitrogens is 2. The van der Waals surface area contributed by atoms with Gasteiger partial charge in [0.25, 0.3) is 0 Å². The first-order valence-corrected chi connectivity index (χ1v) is 7.05. The summed E-state index contributed by atoms with van der Waals surface area (Å²) < 4.78 is 23.3. The molecule has 0 fully saturated rings. The first kappa shape index (κ1) is 13.7. The third kappa shape index (κ3) is 4.53. The molecule has 1 unspecified atom stereocenters. The molecule has 0 aliphatic carbocycles. The molecular weight excluding hydrogens is 244 g/mol.